The quantitative estimate of drug-likeness (QED) is 0.372. The molecule has 1 N–H and O–H groups in total. The van der Waals surface area contributed by atoms with Crippen molar-refractivity contribution in [2.75, 3.05) is 52.1 Å². The predicted molar refractivity (Wildman–Crippen MR) is 80.2 cm³/mol. The van der Waals surface area contributed by atoms with Crippen LogP contribution in [-0.4, -0.2) is 58.1 Å². The standard InChI is InChI=1S/C14H30ClNO3/c1-3-4-8-17-10-12-19-13-11-18-9-7-16-14(2)5-6-15/h14,16H,3-13H2,1-2H3. The summed E-state index contributed by atoms with van der Waals surface area (Å²) in [5.74, 6) is 0.698. The van der Waals surface area contributed by atoms with Crippen LogP contribution in [0.1, 0.15) is 33.1 Å². The molecule has 0 aromatic heterocycles. The monoisotopic (exact) mass is 295 g/mol. The van der Waals surface area contributed by atoms with Crippen LogP contribution in [0.3, 0.4) is 0 Å². The molecule has 0 aliphatic carbocycles. The summed E-state index contributed by atoms with van der Waals surface area (Å²) >= 11 is 5.65. The first-order chi connectivity index (χ1) is 9.31. The van der Waals surface area contributed by atoms with E-state index in [1.807, 2.05) is 0 Å². The number of halogens is 1. The van der Waals surface area contributed by atoms with Crippen LogP contribution in [0.25, 0.3) is 0 Å². The van der Waals surface area contributed by atoms with Crippen molar-refractivity contribution in [3.63, 3.8) is 0 Å². The van der Waals surface area contributed by atoms with Gasteiger partial charge in [-0.1, -0.05) is 13.3 Å². The fourth-order valence-corrected chi connectivity index (χ4v) is 1.76. The Balaban J connectivity index is 2.99. The lowest BCUT2D eigenvalue weighted by Gasteiger charge is -2.12. The molecule has 0 aliphatic heterocycles. The molecule has 0 aromatic carbocycles. The third-order valence-corrected chi connectivity index (χ3v) is 2.89. The van der Waals surface area contributed by atoms with Crippen molar-refractivity contribution in [2.24, 2.45) is 0 Å². The van der Waals surface area contributed by atoms with Gasteiger partial charge >= 0.3 is 0 Å². The molecule has 1 atom stereocenters. The second-order valence-corrected chi connectivity index (χ2v) is 4.90. The van der Waals surface area contributed by atoms with Crippen molar-refractivity contribution in [1.29, 1.82) is 0 Å². The van der Waals surface area contributed by atoms with Gasteiger partial charge in [-0.15, -0.1) is 11.6 Å². The lowest BCUT2D eigenvalue weighted by atomic mass is 10.2. The maximum Gasteiger partial charge on any atom is 0.0701 e. The maximum absolute atomic E-state index is 5.65. The Hall–Kier alpha value is 0.130. The van der Waals surface area contributed by atoms with E-state index in [1.165, 1.54) is 6.42 Å². The van der Waals surface area contributed by atoms with Crippen molar-refractivity contribution in [3.8, 4) is 0 Å². The highest BCUT2D eigenvalue weighted by Gasteiger charge is 1.98. The summed E-state index contributed by atoms with van der Waals surface area (Å²) in [5, 5.41) is 3.34. The van der Waals surface area contributed by atoms with Gasteiger partial charge in [0.05, 0.1) is 33.0 Å². The zero-order chi connectivity index (χ0) is 14.2. The third kappa shape index (κ3) is 16.1. The highest BCUT2D eigenvalue weighted by molar-refractivity contribution is 6.17. The molecule has 116 valence electrons. The molecular weight excluding hydrogens is 266 g/mol. The summed E-state index contributed by atoms with van der Waals surface area (Å²) < 4.78 is 16.2. The number of hydrogen-bond acceptors (Lipinski definition) is 4. The summed E-state index contributed by atoms with van der Waals surface area (Å²) in [5.41, 5.74) is 0. The fraction of sp³-hybridized carbons (Fsp3) is 1.00. The number of rotatable bonds is 15. The topological polar surface area (TPSA) is 39.7 Å². The van der Waals surface area contributed by atoms with E-state index in [2.05, 4.69) is 19.2 Å². The molecule has 0 spiro atoms. The second-order valence-electron chi connectivity index (χ2n) is 4.52. The van der Waals surface area contributed by atoms with E-state index in [4.69, 9.17) is 25.8 Å². The largest absolute Gasteiger partial charge is 0.379 e. The summed E-state index contributed by atoms with van der Waals surface area (Å²) in [6, 6.07) is 0.456. The third-order valence-electron chi connectivity index (χ3n) is 2.67. The van der Waals surface area contributed by atoms with Crippen molar-refractivity contribution in [2.45, 2.75) is 39.2 Å². The molecular formula is C14H30ClNO3. The highest BCUT2D eigenvalue weighted by Crippen LogP contribution is 1.92. The van der Waals surface area contributed by atoms with Gasteiger partial charge in [0, 0.05) is 25.1 Å². The van der Waals surface area contributed by atoms with Crippen LogP contribution in [0.5, 0.6) is 0 Å². The molecule has 1 unspecified atom stereocenters. The van der Waals surface area contributed by atoms with E-state index < -0.39 is 0 Å². The van der Waals surface area contributed by atoms with Crippen molar-refractivity contribution in [3.05, 3.63) is 0 Å². The number of unbranched alkanes of at least 4 members (excludes halogenated alkanes) is 1. The molecule has 4 nitrogen and oxygen atoms in total. The molecule has 0 amide bonds. The minimum atomic E-state index is 0.456. The van der Waals surface area contributed by atoms with Crippen LogP contribution in [0.4, 0.5) is 0 Å². The van der Waals surface area contributed by atoms with Crippen LogP contribution in [-0.2, 0) is 14.2 Å². The summed E-state index contributed by atoms with van der Waals surface area (Å²) in [7, 11) is 0. The van der Waals surface area contributed by atoms with Crippen molar-refractivity contribution >= 4 is 11.6 Å². The molecule has 5 heteroatoms. The smallest absolute Gasteiger partial charge is 0.0701 e. The number of nitrogens with one attached hydrogen (secondary N) is 1. The molecule has 0 saturated heterocycles. The molecule has 0 heterocycles. The molecule has 0 aliphatic rings. The minimum absolute atomic E-state index is 0.456. The van der Waals surface area contributed by atoms with Gasteiger partial charge in [-0.25, -0.2) is 0 Å². The van der Waals surface area contributed by atoms with Gasteiger partial charge in [0.1, 0.15) is 0 Å². The van der Waals surface area contributed by atoms with Crippen LogP contribution in [0, 0.1) is 0 Å². The Kier molecular flexibility index (Phi) is 16.3. The van der Waals surface area contributed by atoms with E-state index in [1.54, 1.807) is 0 Å². The molecule has 0 saturated carbocycles. The first kappa shape index (κ1) is 19.1. The van der Waals surface area contributed by atoms with Crippen LogP contribution >= 0.6 is 11.6 Å². The zero-order valence-corrected chi connectivity index (χ0v) is 13.2. The van der Waals surface area contributed by atoms with Crippen LogP contribution in [0.15, 0.2) is 0 Å². The first-order valence-electron chi connectivity index (χ1n) is 7.33. The lowest BCUT2D eigenvalue weighted by Crippen LogP contribution is -2.30. The van der Waals surface area contributed by atoms with Crippen molar-refractivity contribution in [1.82, 2.24) is 5.32 Å². The second kappa shape index (κ2) is 16.2. The van der Waals surface area contributed by atoms with Gasteiger partial charge in [0.15, 0.2) is 0 Å². The van der Waals surface area contributed by atoms with Gasteiger partial charge in [0.25, 0.3) is 0 Å². The summed E-state index contributed by atoms with van der Waals surface area (Å²) in [4.78, 5) is 0. The maximum atomic E-state index is 5.65. The number of alkyl halides is 1. The average molecular weight is 296 g/mol. The molecule has 0 rings (SSSR count). The summed E-state index contributed by atoms with van der Waals surface area (Å²) in [6.45, 7) is 9.29. The fourth-order valence-electron chi connectivity index (χ4n) is 1.43. The van der Waals surface area contributed by atoms with Gasteiger partial charge < -0.3 is 19.5 Å². The molecule has 0 aromatic rings. The Labute approximate surface area is 123 Å². The highest BCUT2D eigenvalue weighted by atomic mass is 35.5. The Bertz CT molecular complexity index is 173. The van der Waals surface area contributed by atoms with Gasteiger partial charge in [-0.2, -0.15) is 0 Å². The molecule has 0 radical (unpaired) electrons. The molecule has 0 fully saturated rings. The SMILES string of the molecule is CCCCOCCOCCOCCNC(C)CCCl. The Morgan fingerprint density at radius 3 is 2.11 bits per heavy atom. The zero-order valence-electron chi connectivity index (χ0n) is 12.5. The van der Waals surface area contributed by atoms with Gasteiger partial charge in [0.2, 0.25) is 0 Å². The normalized spacial score (nSPS) is 12.8. The first-order valence-corrected chi connectivity index (χ1v) is 7.87. The van der Waals surface area contributed by atoms with E-state index in [0.29, 0.717) is 45.0 Å². The van der Waals surface area contributed by atoms with E-state index in [0.717, 1.165) is 26.0 Å². The van der Waals surface area contributed by atoms with E-state index in [-0.39, 0.29) is 0 Å². The number of ether oxygens (including phenoxy) is 3. The Morgan fingerprint density at radius 2 is 1.53 bits per heavy atom. The van der Waals surface area contributed by atoms with Gasteiger partial charge in [-0.05, 0) is 19.8 Å². The van der Waals surface area contributed by atoms with E-state index >= 15 is 0 Å². The average Bonchev–Trinajstić information content (AvgIpc) is 2.40. The van der Waals surface area contributed by atoms with Crippen LogP contribution in [0.2, 0.25) is 0 Å². The molecule has 0 bridgehead atoms. The van der Waals surface area contributed by atoms with E-state index in [9.17, 15) is 0 Å². The Morgan fingerprint density at radius 1 is 0.947 bits per heavy atom. The summed E-state index contributed by atoms with van der Waals surface area (Å²) in [6.07, 6.45) is 3.28. The van der Waals surface area contributed by atoms with Crippen LogP contribution < -0.4 is 5.32 Å². The molecule has 19 heavy (non-hydrogen) atoms. The van der Waals surface area contributed by atoms with Crippen molar-refractivity contribution < 1.29 is 14.2 Å². The number of hydrogen-bond donors (Lipinski definition) is 1. The van der Waals surface area contributed by atoms with Gasteiger partial charge in [-0.3, -0.25) is 0 Å². The minimum Gasteiger partial charge on any atom is -0.379 e. The lowest BCUT2D eigenvalue weighted by molar-refractivity contribution is 0.0144. The predicted octanol–water partition coefficient (Wildman–Crippen LogP) is 2.44.